The minimum absolute atomic E-state index is 0.0185. The summed E-state index contributed by atoms with van der Waals surface area (Å²) in [5, 5.41) is 0. The summed E-state index contributed by atoms with van der Waals surface area (Å²) in [5.41, 5.74) is 0. The molecule has 1 rings (SSSR count). The summed E-state index contributed by atoms with van der Waals surface area (Å²) in [4.78, 5) is 19.1. The third kappa shape index (κ3) is 0.816. The molecule has 0 aliphatic carbocycles. The molecule has 0 amide bonds. The lowest BCUT2D eigenvalue weighted by Gasteiger charge is -1.91. The van der Waals surface area contributed by atoms with Crippen molar-refractivity contribution in [2.45, 2.75) is 13.3 Å². The van der Waals surface area contributed by atoms with E-state index >= 15 is 0 Å². The first kappa shape index (κ1) is 5.56. The van der Waals surface area contributed by atoms with Crippen LogP contribution in [-0.4, -0.2) is 12.6 Å². The van der Waals surface area contributed by atoms with Crippen LogP contribution >= 0.6 is 0 Å². The van der Waals surface area contributed by atoms with Gasteiger partial charge in [-0.25, -0.2) is 4.79 Å². The molecule has 0 aromatic rings. The van der Waals surface area contributed by atoms with Crippen molar-refractivity contribution in [1.29, 1.82) is 0 Å². The average molecular weight is 116 g/mol. The average Bonchev–Trinajstić information content (AvgIpc) is 2.14. The smallest absolute Gasteiger partial charge is 0.298 e. The molecule has 1 aliphatic heterocycles. The molecule has 0 aromatic carbocycles. The highest BCUT2D eigenvalue weighted by molar-refractivity contribution is 5.72. The van der Waals surface area contributed by atoms with E-state index in [0.717, 1.165) is 6.42 Å². The minimum atomic E-state index is -0.229. The van der Waals surface area contributed by atoms with E-state index in [1.165, 1.54) is 0 Å². The zero-order chi connectivity index (χ0) is 5.98. The molecular weight excluding hydrogens is 108 g/mol. The maximum absolute atomic E-state index is 10.5. The first-order valence-electron chi connectivity index (χ1n) is 2.68. The normalized spacial score (nSPS) is 28.1. The summed E-state index contributed by atoms with van der Waals surface area (Å²) in [7, 11) is 0. The standard InChI is InChI=1S/C5H8O3/c1-2-4-3-7-8-5(4)6/h4H,2-3H2,1H3. The lowest BCUT2D eigenvalue weighted by Crippen LogP contribution is -2.07. The zero-order valence-electron chi connectivity index (χ0n) is 4.72. The lowest BCUT2D eigenvalue weighted by atomic mass is 10.1. The molecule has 1 fully saturated rings. The Balaban J connectivity index is 2.42. The number of carbonyl (C=O) groups is 1. The van der Waals surface area contributed by atoms with Gasteiger partial charge in [0.2, 0.25) is 0 Å². The van der Waals surface area contributed by atoms with Crippen molar-refractivity contribution in [3.8, 4) is 0 Å². The number of hydrogen-bond donors (Lipinski definition) is 0. The van der Waals surface area contributed by atoms with Crippen LogP contribution in [0, 0.1) is 5.92 Å². The summed E-state index contributed by atoms with van der Waals surface area (Å²) in [6.45, 7) is 2.36. The van der Waals surface area contributed by atoms with E-state index in [1.807, 2.05) is 6.92 Å². The van der Waals surface area contributed by atoms with Crippen LogP contribution in [0.1, 0.15) is 13.3 Å². The lowest BCUT2D eigenvalue weighted by molar-refractivity contribution is -0.240. The quantitative estimate of drug-likeness (QED) is 0.468. The Morgan fingerprint density at radius 1 is 1.88 bits per heavy atom. The van der Waals surface area contributed by atoms with Crippen LogP contribution in [0.5, 0.6) is 0 Å². The van der Waals surface area contributed by atoms with Gasteiger partial charge in [0.25, 0.3) is 0 Å². The molecule has 0 spiro atoms. The van der Waals surface area contributed by atoms with Crippen LogP contribution < -0.4 is 0 Å². The molecule has 46 valence electrons. The van der Waals surface area contributed by atoms with Gasteiger partial charge >= 0.3 is 5.97 Å². The number of rotatable bonds is 1. The van der Waals surface area contributed by atoms with Gasteiger partial charge in [-0.2, -0.15) is 4.89 Å². The molecule has 3 nitrogen and oxygen atoms in total. The van der Waals surface area contributed by atoms with Crippen molar-refractivity contribution in [3.05, 3.63) is 0 Å². The van der Waals surface area contributed by atoms with E-state index in [0.29, 0.717) is 6.61 Å². The fraction of sp³-hybridized carbons (Fsp3) is 0.800. The molecule has 1 heterocycles. The topological polar surface area (TPSA) is 35.5 Å². The van der Waals surface area contributed by atoms with E-state index in [-0.39, 0.29) is 11.9 Å². The van der Waals surface area contributed by atoms with Gasteiger partial charge in [-0.05, 0) is 6.42 Å². The predicted molar refractivity (Wildman–Crippen MR) is 25.8 cm³/mol. The second-order valence-electron chi connectivity index (χ2n) is 1.79. The van der Waals surface area contributed by atoms with Crippen molar-refractivity contribution in [2.75, 3.05) is 6.61 Å². The molecule has 1 aliphatic rings. The van der Waals surface area contributed by atoms with Crippen LogP contribution in [0.25, 0.3) is 0 Å². The molecule has 0 N–H and O–H groups in total. The third-order valence-corrected chi connectivity index (χ3v) is 1.24. The second kappa shape index (κ2) is 2.13. The van der Waals surface area contributed by atoms with Crippen molar-refractivity contribution >= 4 is 5.97 Å². The fourth-order valence-electron chi connectivity index (χ4n) is 0.595. The summed E-state index contributed by atoms with van der Waals surface area (Å²) in [5.74, 6) is -0.248. The maximum Gasteiger partial charge on any atom is 0.347 e. The molecule has 0 aromatic heterocycles. The Morgan fingerprint density at radius 2 is 2.62 bits per heavy atom. The van der Waals surface area contributed by atoms with Gasteiger partial charge in [-0.1, -0.05) is 6.92 Å². The Hall–Kier alpha value is -0.570. The van der Waals surface area contributed by atoms with E-state index in [1.54, 1.807) is 0 Å². The Bertz CT molecular complexity index is 99.8. The third-order valence-electron chi connectivity index (χ3n) is 1.24. The monoisotopic (exact) mass is 116 g/mol. The second-order valence-corrected chi connectivity index (χ2v) is 1.79. The van der Waals surface area contributed by atoms with Gasteiger partial charge in [0, 0.05) is 0 Å². The minimum Gasteiger partial charge on any atom is -0.298 e. The van der Waals surface area contributed by atoms with Gasteiger partial charge in [-0.15, -0.1) is 0 Å². The van der Waals surface area contributed by atoms with Crippen LogP contribution in [0.2, 0.25) is 0 Å². The van der Waals surface area contributed by atoms with Gasteiger partial charge < -0.3 is 0 Å². The highest BCUT2D eigenvalue weighted by Crippen LogP contribution is 2.12. The summed E-state index contributed by atoms with van der Waals surface area (Å²) >= 11 is 0. The van der Waals surface area contributed by atoms with E-state index in [9.17, 15) is 4.79 Å². The predicted octanol–water partition coefficient (Wildman–Crippen LogP) is 0.501. The molecule has 1 unspecified atom stereocenters. The number of carbonyl (C=O) groups excluding carboxylic acids is 1. The van der Waals surface area contributed by atoms with Gasteiger partial charge in [-0.3, -0.25) is 4.89 Å². The number of hydrogen-bond acceptors (Lipinski definition) is 3. The molecule has 1 atom stereocenters. The van der Waals surface area contributed by atoms with Crippen LogP contribution in [-0.2, 0) is 14.6 Å². The molecule has 0 saturated carbocycles. The maximum atomic E-state index is 10.5. The molecular formula is C5H8O3. The van der Waals surface area contributed by atoms with Crippen molar-refractivity contribution in [2.24, 2.45) is 5.92 Å². The molecule has 0 bridgehead atoms. The van der Waals surface area contributed by atoms with Crippen LogP contribution in [0.4, 0.5) is 0 Å². The van der Waals surface area contributed by atoms with E-state index in [2.05, 4.69) is 9.78 Å². The zero-order valence-corrected chi connectivity index (χ0v) is 4.72. The summed E-state index contributed by atoms with van der Waals surface area (Å²) < 4.78 is 0. The largest absolute Gasteiger partial charge is 0.347 e. The van der Waals surface area contributed by atoms with Gasteiger partial charge in [0.15, 0.2) is 0 Å². The molecule has 8 heavy (non-hydrogen) atoms. The van der Waals surface area contributed by atoms with Gasteiger partial charge in [0.1, 0.15) is 6.61 Å². The van der Waals surface area contributed by atoms with Crippen molar-refractivity contribution in [1.82, 2.24) is 0 Å². The van der Waals surface area contributed by atoms with E-state index in [4.69, 9.17) is 0 Å². The highest BCUT2D eigenvalue weighted by Gasteiger charge is 2.26. The fourth-order valence-corrected chi connectivity index (χ4v) is 0.595. The summed E-state index contributed by atoms with van der Waals surface area (Å²) in [6.07, 6.45) is 0.804. The summed E-state index contributed by atoms with van der Waals surface area (Å²) in [6, 6.07) is 0. The molecule has 1 saturated heterocycles. The van der Waals surface area contributed by atoms with Crippen LogP contribution in [0.3, 0.4) is 0 Å². The van der Waals surface area contributed by atoms with Crippen molar-refractivity contribution < 1.29 is 14.6 Å². The van der Waals surface area contributed by atoms with E-state index < -0.39 is 0 Å². The first-order valence-corrected chi connectivity index (χ1v) is 2.68. The SMILES string of the molecule is CCC1COOC1=O. The first-order chi connectivity index (χ1) is 3.84. The molecule has 0 radical (unpaired) electrons. The van der Waals surface area contributed by atoms with Crippen LogP contribution in [0.15, 0.2) is 0 Å². The highest BCUT2D eigenvalue weighted by atomic mass is 17.2. The Kier molecular flexibility index (Phi) is 1.48. The Labute approximate surface area is 47.5 Å². The molecule has 3 heteroatoms. The Morgan fingerprint density at radius 3 is 2.88 bits per heavy atom. The van der Waals surface area contributed by atoms with Gasteiger partial charge in [0.05, 0.1) is 5.92 Å². The van der Waals surface area contributed by atoms with Crippen molar-refractivity contribution in [3.63, 3.8) is 0 Å².